The van der Waals surface area contributed by atoms with Crippen molar-refractivity contribution in [1.29, 1.82) is 0 Å². The predicted octanol–water partition coefficient (Wildman–Crippen LogP) is 7.04. The number of nitrogens with zero attached hydrogens (tertiary/aromatic N) is 4. The van der Waals surface area contributed by atoms with Gasteiger partial charge in [0.1, 0.15) is 5.69 Å². The van der Waals surface area contributed by atoms with Gasteiger partial charge >= 0.3 is 0 Å². The summed E-state index contributed by atoms with van der Waals surface area (Å²) in [6, 6.07) is 31.8. The molecule has 3 heterocycles. The Bertz CT molecular complexity index is 2070. The first-order valence-electron chi connectivity index (χ1n) is 16.2. The molecule has 0 aliphatic carbocycles. The first kappa shape index (κ1) is 32.7. The van der Waals surface area contributed by atoms with Crippen molar-refractivity contribution in [2.45, 2.75) is 43.7 Å². The Balaban J connectivity index is 1.09. The Morgan fingerprint density at radius 2 is 1.65 bits per heavy atom. The number of carbonyl (C=O) groups excluding carboxylic acids is 1. The van der Waals surface area contributed by atoms with Gasteiger partial charge in [0.25, 0.3) is 5.91 Å². The molecule has 248 valence electrons. The highest BCUT2D eigenvalue weighted by atomic mass is 32.2. The van der Waals surface area contributed by atoms with Crippen LogP contribution in [0.2, 0.25) is 0 Å². The second-order valence-corrected chi connectivity index (χ2v) is 13.2. The molecule has 0 spiro atoms. The van der Waals surface area contributed by atoms with E-state index in [1.165, 1.54) is 6.20 Å². The number of aliphatic hydroxyl groups excluding tert-OH is 1. The van der Waals surface area contributed by atoms with E-state index in [0.29, 0.717) is 12.1 Å². The molecule has 7 rings (SSSR count). The fourth-order valence-corrected chi connectivity index (χ4v) is 7.12. The van der Waals surface area contributed by atoms with Gasteiger partial charge in [0.05, 0.1) is 36.0 Å². The van der Waals surface area contributed by atoms with Gasteiger partial charge in [-0.1, -0.05) is 91.5 Å². The molecule has 0 saturated carbocycles. The van der Waals surface area contributed by atoms with Crippen LogP contribution in [0.15, 0.2) is 121 Å². The molecule has 1 amide bonds. The van der Waals surface area contributed by atoms with Gasteiger partial charge in [-0.15, -0.1) is 0 Å². The van der Waals surface area contributed by atoms with E-state index in [1.54, 1.807) is 18.0 Å². The maximum absolute atomic E-state index is 12.9. The minimum atomic E-state index is -0.587. The molecular formula is C39H37N5O4S. The largest absolute Gasteiger partial charge is 0.392 e. The van der Waals surface area contributed by atoms with Crippen LogP contribution < -0.4 is 5.32 Å². The highest BCUT2D eigenvalue weighted by molar-refractivity contribution is 7.99. The number of thioether (sulfide) groups is 1. The van der Waals surface area contributed by atoms with E-state index in [1.807, 2.05) is 90.6 Å². The molecular weight excluding hydrogens is 635 g/mol. The van der Waals surface area contributed by atoms with Gasteiger partial charge in [-0.25, -0.2) is 9.97 Å². The van der Waals surface area contributed by atoms with Crippen LogP contribution >= 0.6 is 11.8 Å². The number of rotatable bonds is 10. The van der Waals surface area contributed by atoms with Crippen molar-refractivity contribution in [3.05, 3.63) is 144 Å². The first-order valence-corrected chi connectivity index (χ1v) is 17.2. The molecule has 9 nitrogen and oxygen atoms in total. The molecule has 0 bridgehead atoms. The van der Waals surface area contributed by atoms with Gasteiger partial charge in [0.15, 0.2) is 11.4 Å². The number of benzene rings is 4. The van der Waals surface area contributed by atoms with E-state index in [2.05, 4.69) is 51.5 Å². The number of aromatic nitrogens is 4. The molecule has 4 aromatic carbocycles. The van der Waals surface area contributed by atoms with Crippen molar-refractivity contribution in [3.63, 3.8) is 0 Å². The van der Waals surface area contributed by atoms with Crippen LogP contribution in [-0.4, -0.2) is 42.4 Å². The fraction of sp³-hybridized carbons (Fsp3) is 0.231. The summed E-state index contributed by atoms with van der Waals surface area (Å²) in [6.45, 7) is 2.51. The van der Waals surface area contributed by atoms with Crippen molar-refractivity contribution in [1.82, 2.24) is 24.8 Å². The van der Waals surface area contributed by atoms with Crippen LogP contribution in [0.4, 0.5) is 0 Å². The smallest absolute Gasteiger partial charge is 0.271 e. The summed E-state index contributed by atoms with van der Waals surface area (Å²) >= 11 is 1.67. The van der Waals surface area contributed by atoms with Crippen LogP contribution in [0.25, 0.3) is 22.2 Å². The zero-order valence-corrected chi connectivity index (χ0v) is 28.1. The zero-order chi connectivity index (χ0) is 33.7. The molecule has 49 heavy (non-hydrogen) atoms. The predicted molar refractivity (Wildman–Crippen MR) is 189 cm³/mol. The molecule has 1 aliphatic heterocycles. The van der Waals surface area contributed by atoms with Gasteiger partial charge in [-0.3, -0.25) is 9.78 Å². The SMILES string of the molecule is C[C@@H]1[C@H](CSc2nccn2C)O[C@H](c2cccc(-c3cccc(CNC(=O)c4cnc5ccccc5n4)c3)c2)O[C@@H]1c1ccc(CO)cc1. The lowest BCUT2D eigenvalue weighted by molar-refractivity contribution is -0.268. The first-order chi connectivity index (χ1) is 23.9. The number of amides is 1. The maximum Gasteiger partial charge on any atom is 0.271 e. The topological polar surface area (TPSA) is 111 Å². The molecule has 4 atom stereocenters. The molecule has 10 heteroatoms. The van der Waals surface area contributed by atoms with Gasteiger partial charge in [-0.2, -0.15) is 0 Å². The zero-order valence-electron chi connectivity index (χ0n) is 27.3. The van der Waals surface area contributed by atoms with Crippen LogP contribution in [0.3, 0.4) is 0 Å². The number of hydrogen-bond donors (Lipinski definition) is 2. The van der Waals surface area contributed by atoms with Crippen LogP contribution in [0, 0.1) is 5.92 Å². The Kier molecular flexibility index (Phi) is 9.81. The minimum absolute atomic E-state index is 0.00444. The van der Waals surface area contributed by atoms with Crippen molar-refractivity contribution in [2.24, 2.45) is 13.0 Å². The van der Waals surface area contributed by atoms with E-state index in [9.17, 15) is 9.90 Å². The monoisotopic (exact) mass is 671 g/mol. The average molecular weight is 672 g/mol. The lowest BCUT2D eigenvalue weighted by Gasteiger charge is -2.41. The minimum Gasteiger partial charge on any atom is -0.392 e. The lowest BCUT2D eigenvalue weighted by Crippen LogP contribution is -2.38. The van der Waals surface area contributed by atoms with Crippen molar-refractivity contribution in [2.75, 3.05) is 5.75 Å². The highest BCUT2D eigenvalue weighted by Gasteiger charge is 2.38. The highest BCUT2D eigenvalue weighted by Crippen LogP contribution is 2.43. The van der Waals surface area contributed by atoms with Crippen LogP contribution in [0.1, 0.15) is 52.1 Å². The van der Waals surface area contributed by atoms with E-state index in [4.69, 9.17) is 9.47 Å². The number of carbonyl (C=O) groups is 1. The van der Waals surface area contributed by atoms with Crippen molar-refractivity contribution < 1.29 is 19.4 Å². The summed E-state index contributed by atoms with van der Waals surface area (Å²) in [5.41, 5.74) is 7.53. The Morgan fingerprint density at radius 1 is 0.878 bits per heavy atom. The normalized spacial score (nSPS) is 19.2. The summed E-state index contributed by atoms with van der Waals surface area (Å²) in [7, 11) is 1.99. The van der Waals surface area contributed by atoms with Crippen molar-refractivity contribution >= 4 is 28.7 Å². The number of imidazole rings is 1. The van der Waals surface area contributed by atoms with Gasteiger partial charge in [-0.05, 0) is 52.1 Å². The molecule has 1 fully saturated rings. The molecule has 0 unspecified atom stereocenters. The summed E-state index contributed by atoms with van der Waals surface area (Å²) in [6.07, 6.45) is 4.35. The number of nitrogens with one attached hydrogen (secondary N) is 1. The number of hydrogen-bond acceptors (Lipinski definition) is 8. The average Bonchev–Trinajstić information content (AvgIpc) is 3.57. The van der Waals surface area contributed by atoms with E-state index < -0.39 is 6.29 Å². The molecule has 2 aromatic heterocycles. The maximum atomic E-state index is 12.9. The van der Waals surface area contributed by atoms with E-state index >= 15 is 0 Å². The number of ether oxygens (including phenoxy) is 2. The third kappa shape index (κ3) is 7.42. The summed E-state index contributed by atoms with van der Waals surface area (Å²) in [4.78, 5) is 26.2. The van der Waals surface area contributed by atoms with Crippen LogP contribution in [0.5, 0.6) is 0 Å². The number of para-hydroxylation sites is 2. The number of fused-ring (bicyclic) bond motifs is 1. The quantitative estimate of drug-likeness (QED) is 0.149. The fourth-order valence-electron chi connectivity index (χ4n) is 6.02. The van der Waals surface area contributed by atoms with Crippen LogP contribution in [-0.2, 0) is 29.7 Å². The van der Waals surface area contributed by atoms with Crippen molar-refractivity contribution in [3.8, 4) is 11.1 Å². The Hall–Kier alpha value is -4.87. The second-order valence-electron chi connectivity index (χ2n) is 12.2. The van der Waals surface area contributed by atoms with E-state index in [-0.39, 0.29) is 36.3 Å². The molecule has 1 aliphatic rings. The van der Waals surface area contributed by atoms with Gasteiger partial charge in [0.2, 0.25) is 0 Å². The Labute approximate surface area is 289 Å². The third-order valence-electron chi connectivity index (χ3n) is 8.83. The standard InChI is InChI=1S/C39H37N5O4S/c1-25-35(24-49-39-40-17-18-44(39)2)47-38(48-36(25)28-15-13-26(23-45)14-16-28)31-10-6-9-30(20-31)29-8-5-7-27(19-29)21-42-37(46)34-22-41-32-11-3-4-12-33(32)43-34/h3-20,22,25,35-36,38,45H,21,23-24H2,1-2H3,(H,42,46)/t25-,35+,36+,38+/m1/s1. The summed E-state index contributed by atoms with van der Waals surface area (Å²) < 4.78 is 15.4. The molecule has 1 saturated heterocycles. The summed E-state index contributed by atoms with van der Waals surface area (Å²) in [5, 5.41) is 13.5. The Morgan fingerprint density at radius 3 is 2.43 bits per heavy atom. The lowest BCUT2D eigenvalue weighted by atomic mass is 9.91. The second kappa shape index (κ2) is 14.7. The molecule has 6 aromatic rings. The number of aryl methyl sites for hydroxylation is 1. The third-order valence-corrected chi connectivity index (χ3v) is 9.98. The molecule has 2 N–H and O–H groups in total. The summed E-state index contributed by atoms with van der Waals surface area (Å²) in [5.74, 6) is 0.511. The van der Waals surface area contributed by atoms with Gasteiger partial charge in [0, 0.05) is 43.2 Å². The number of aliphatic hydroxyl groups is 1. The molecule has 0 radical (unpaired) electrons. The van der Waals surface area contributed by atoms with E-state index in [0.717, 1.165) is 49.8 Å². The van der Waals surface area contributed by atoms with Gasteiger partial charge < -0.3 is 24.5 Å².